The molecule has 11 heteroatoms. The van der Waals surface area contributed by atoms with Crippen molar-refractivity contribution in [2.45, 2.75) is 30.4 Å². The minimum Gasteiger partial charge on any atom is -0.462 e. The predicted octanol–water partition coefficient (Wildman–Crippen LogP) is 8.57. The molecule has 2 aromatic heterocycles. The Bertz CT molecular complexity index is 1900. The van der Waals surface area contributed by atoms with Crippen molar-refractivity contribution in [2.24, 2.45) is 0 Å². The molecule has 1 atom stereocenters. The summed E-state index contributed by atoms with van der Waals surface area (Å²) in [5.74, 6) is -1.64. The monoisotopic (exact) mass is 695 g/mol. The van der Waals surface area contributed by atoms with Crippen molar-refractivity contribution in [2.75, 3.05) is 17.2 Å². The maximum atomic E-state index is 13.6. The Labute approximate surface area is 291 Å². The van der Waals surface area contributed by atoms with Gasteiger partial charge >= 0.3 is 5.97 Å². The predicted molar refractivity (Wildman–Crippen MR) is 196 cm³/mol. The molecule has 0 aliphatic carbocycles. The Morgan fingerprint density at radius 3 is 2.31 bits per heavy atom. The van der Waals surface area contributed by atoms with Gasteiger partial charge in [-0.05, 0) is 77.7 Å². The average Bonchev–Trinajstić information content (AvgIpc) is 3.78. The Balaban J connectivity index is 1.30. The summed E-state index contributed by atoms with van der Waals surface area (Å²) in [5.41, 5.74) is 3.69. The van der Waals surface area contributed by atoms with Crippen LogP contribution in [0.1, 0.15) is 46.5 Å². The number of nitrogens with one attached hydrogen (secondary N) is 3. The fourth-order valence-corrected chi connectivity index (χ4v) is 7.27. The molecule has 0 aliphatic rings. The van der Waals surface area contributed by atoms with Crippen molar-refractivity contribution in [1.29, 1.82) is 0 Å². The zero-order chi connectivity index (χ0) is 33.9. The first-order chi connectivity index (χ1) is 23.4. The van der Waals surface area contributed by atoms with Crippen LogP contribution in [0.5, 0.6) is 0 Å². The zero-order valence-corrected chi connectivity index (χ0v) is 28.7. The molecule has 3 aromatic carbocycles. The molecule has 2 heterocycles. The molecule has 5 rings (SSSR count). The lowest BCUT2D eigenvalue weighted by atomic mass is 10.0. The van der Waals surface area contributed by atoms with E-state index < -0.39 is 23.0 Å². The first kappa shape index (κ1) is 34.4. The lowest BCUT2D eigenvalue weighted by Gasteiger charge is -2.16. The van der Waals surface area contributed by atoms with E-state index >= 15 is 0 Å². The number of benzene rings is 3. The van der Waals surface area contributed by atoms with Crippen LogP contribution in [0.25, 0.3) is 17.2 Å². The molecule has 244 valence electrons. The highest BCUT2D eigenvalue weighted by atomic mass is 32.2. The summed E-state index contributed by atoms with van der Waals surface area (Å²) < 4.78 is 5.34. The molecule has 0 fully saturated rings. The Kier molecular flexibility index (Phi) is 12.0. The van der Waals surface area contributed by atoms with E-state index in [9.17, 15) is 19.2 Å². The number of esters is 1. The molecule has 0 saturated heterocycles. The summed E-state index contributed by atoms with van der Waals surface area (Å²) in [6, 6.07) is 27.2. The molecule has 48 heavy (non-hydrogen) atoms. The number of hydrogen-bond donors (Lipinski definition) is 3. The van der Waals surface area contributed by atoms with Gasteiger partial charge in [0, 0.05) is 27.1 Å². The summed E-state index contributed by atoms with van der Waals surface area (Å²) in [6.45, 7) is 3.86. The molecule has 0 bridgehead atoms. The highest BCUT2D eigenvalue weighted by Crippen LogP contribution is 2.37. The quantitative estimate of drug-likeness (QED) is 0.0646. The van der Waals surface area contributed by atoms with E-state index in [2.05, 4.69) is 16.0 Å². The first-order valence-electron chi connectivity index (χ1n) is 15.2. The second kappa shape index (κ2) is 16.7. The van der Waals surface area contributed by atoms with Crippen molar-refractivity contribution in [3.8, 4) is 11.1 Å². The van der Waals surface area contributed by atoms with Crippen molar-refractivity contribution >= 4 is 74.9 Å². The number of amides is 3. The minimum atomic E-state index is -0.496. The third-order valence-corrected chi connectivity index (χ3v) is 9.96. The van der Waals surface area contributed by atoms with E-state index in [1.165, 1.54) is 34.4 Å². The molecule has 0 spiro atoms. The number of carbonyl (C=O) groups is 4. The van der Waals surface area contributed by atoms with Gasteiger partial charge < -0.3 is 20.7 Å². The number of ether oxygens (including phenoxy) is 1. The lowest BCUT2D eigenvalue weighted by molar-refractivity contribution is -0.116. The van der Waals surface area contributed by atoms with Gasteiger partial charge in [-0.3, -0.25) is 14.4 Å². The van der Waals surface area contributed by atoms with Crippen LogP contribution in [0.15, 0.2) is 118 Å². The number of rotatable bonds is 13. The normalized spacial score (nSPS) is 11.8. The van der Waals surface area contributed by atoms with Crippen LogP contribution in [0.4, 0.5) is 10.7 Å². The van der Waals surface area contributed by atoms with Crippen molar-refractivity contribution in [1.82, 2.24) is 5.32 Å². The molecule has 0 aliphatic heterocycles. The maximum absolute atomic E-state index is 13.6. The third kappa shape index (κ3) is 8.88. The van der Waals surface area contributed by atoms with Crippen LogP contribution in [0.3, 0.4) is 0 Å². The van der Waals surface area contributed by atoms with Crippen LogP contribution in [0.2, 0.25) is 0 Å². The fourth-order valence-electron chi connectivity index (χ4n) is 4.68. The highest BCUT2D eigenvalue weighted by Gasteiger charge is 2.26. The van der Waals surface area contributed by atoms with E-state index in [0.29, 0.717) is 33.8 Å². The third-order valence-electron chi connectivity index (χ3n) is 7.01. The Morgan fingerprint density at radius 1 is 0.875 bits per heavy atom. The maximum Gasteiger partial charge on any atom is 0.341 e. The van der Waals surface area contributed by atoms with Crippen LogP contribution in [0, 0.1) is 0 Å². The van der Waals surface area contributed by atoms with Crippen molar-refractivity contribution in [3.05, 3.63) is 130 Å². The van der Waals surface area contributed by atoms with Gasteiger partial charge in [-0.1, -0.05) is 61.5 Å². The zero-order valence-electron chi connectivity index (χ0n) is 26.2. The van der Waals surface area contributed by atoms with Gasteiger partial charge in [0.05, 0.1) is 11.9 Å². The van der Waals surface area contributed by atoms with Crippen molar-refractivity contribution < 1.29 is 23.9 Å². The molecular weight excluding hydrogens is 663 g/mol. The number of carbonyl (C=O) groups excluding carboxylic acids is 4. The smallest absolute Gasteiger partial charge is 0.341 e. The van der Waals surface area contributed by atoms with E-state index in [-0.39, 0.29) is 18.2 Å². The SMILES string of the molecule is CCOC(=O)c1c(-c2ccccc2)csc1NC(=O)C(CC)Sc1cccc(NC(=O)/C(=C/c2ccsc2)NC(=O)c2ccccc2)c1. The van der Waals surface area contributed by atoms with Gasteiger partial charge in [-0.2, -0.15) is 11.3 Å². The second-order valence-corrected chi connectivity index (χ2v) is 13.3. The molecule has 0 radical (unpaired) electrons. The fraction of sp³-hybridized carbons (Fsp3) is 0.135. The number of thiophene rings is 2. The Morgan fingerprint density at radius 2 is 1.62 bits per heavy atom. The molecular formula is C37H33N3O5S3. The topological polar surface area (TPSA) is 114 Å². The number of hydrogen-bond acceptors (Lipinski definition) is 8. The standard InChI is InChI=1S/C37H33N3O5S3/c1-3-31(35(43)40-36-32(37(44)45-4-2)29(23-47-36)25-12-7-5-8-13-25)48-28-17-11-16-27(21-28)38-34(42)30(20-24-18-19-46-22-24)39-33(41)26-14-9-6-10-15-26/h5-23,31H,3-4H2,1-2H3,(H,38,42)(H,39,41)(H,40,43)/b30-20-. The van der Waals surface area contributed by atoms with Crippen LogP contribution >= 0.6 is 34.4 Å². The minimum absolute atomic E-state index is 0.0920. The van der Waals surface area contributed by atoms with Gasteiger partial charge in [0.1, 0.15) is 16.3 Å². The summed E-state index contributed by atoms with van der Waals surface area (Å²) in [4.78, 5) is 53.7. The molecule has 3 amide bonds. The summed E-state index contributed by atoms with van der Waals surface area (Å²) >= 11 is 4.11. The molecule has 3 N–H and O–H groups in total. The number of anilines is 2. The molecule has 0 saturated carbocycles. The van der Waals surface area contributed by atoms with Crippen LogP contribution in [-0.4, -0.2) is 35.5 Å². The molecule has 1 unspecified atom stereocenters. The van der Waals surface area contributed by atoms with Gasteiger partial charge in [0.25, 0.3) is 11.8 Å². The summed E-state index contributed by atoms with van der Waals surface area (Å²) in [6.07, 6.45) is 2.14. The van der Waals surface area contributed by atoms with Crippen LogP contribution in [-0.2, 0) is 14.3 Å². The van der Waals surface area contributed by atoms with Gasteiger partial charge in [0.15, 0.2) is 0 Å². The molecule has 8 nitrogen and oxygen atoms in total. The van der Waals surface area contributed by atoms with Gasteiger partial charge in [-0.25, -0.2) is 4.79 Å². The van der Waals surface area contributed by atoms with Gasteiger partial charge in [0.2, 0.25) is 5.91 Å². The van der Waals surface area contributed by atoms with E-state index in [1.54, 1.807) is 55.5 Å². The van der Waals surface area contributed by atoms with E-state index in [1.807, 2.05) is 71.6 Å². The average molecular weight is 696 g/mol. The van der Waals surface area contributed by atoms with Crippen molar-refractivity contribution in [3.63, 3.8) is 0 Å². The molecule has 5 aromatic rings. The van der Waals surface area contributed by atoms with E-state index in [4.69, 9.17) is 4.74 Å². The summed E-state index contributed by atoms with van der Waals surface area (Å²) in [5, 5.41) is 14.1. The number of thioether (sulfide) groups is 1. The van der Waals surface area contributed by atoms with Crippen LogP contribution < -0.4 is 16.0 Å². The van der Waals surface area contributed by atoms with E-state index in [0.717, 1.165) is 16.0 Å². The van der Waals surface area contributed by atoms with Gasteiger partial charge in [-0.15, -0.1) is 23.1 Å². The lowest BCUT2D eigenvalue weighted by Crippen LogP contribution is -2.30. The Hall–Kier alpha value is -4.97. The first-order valence-corrected chi connectivity index (χ1v) is 17.9. The summed E-state index contributed by atoms with van der Waals surface area (Å²) in [7, 11) is 0. The second-order valence-electron chi connectivity index (χ2n) is 10.4. The largest absolute Gasteiger partial charge is 0.462 e. The highest BCUT2D eigenvalue weighted by molar-refractivity contribution is 8.00.